The quantitative estimate of drug-likeness (QED) is 0.702. The van der Waals surface area contributed by atoms with Crippen LogP contribution in [0, 0.1) is 19.7 Å². The first-order valence-corrected chi connectivity index (χ1v) is 9.24. The van der Waals surface area contributed by atoms with E-state index >= 15 is 0 Å². The van der Waals surface area contributed by atoms with E-state index in [1.54, 1.807) is 19.2 Å². The van der Waals surface area contributed by atoms with Gasteiger partial charge in [-0.05, 0) is 37.1 Å². The Balaban J connectivity index is 1.61. The first kappa shape index (κ1) is 19.6. The molecule has 0 unspecified atom stereocenters. The van der Waals surface area contributed by atoms with Crippen molar-refractivity contribution >= 4 is 6.03 Å². The molecule has 3 aromatic rings. The third-order valence-electron chi connectivity index (χ3n) is 4.78. The fraction of sp³-hybridized carbons (Fsp3) is 0.273. The predicted octanol–water partition coefficient (Wildman–Crippen LogP) is 4.03. The van der Waals surface area contributed by atoms with Crippen LogP contribution in [0.5, 0.6) is 0 Å². The highest BCUT2D eigenvalue weighted by Gasteiger charge is 2.15. The zero-order chi connectivity index (χ0) is 20.1. The number of urea groups is 1. The Kier molecular flexibility index (Phi) is 6.09. The van der Waals surface area contributed by atoms with Gasteiger partial charge in [0.2, 0.25) is 0 Å². The summed E-state index contributed by atoms with van der Waals surface area (Å²) in [6, 6.07) is 16.2. The zero-order valence-corrected chi connectivity index (χ0v) is 16.4. The first-order valence-electron chi connectivity index (χ1n) is 9.24. The van der Waals surface area contributed by atoms with Crippen LogP contribution in [0.25, 0.3) is 0 Å². The third kappa shape index (κ3) is 4.76. The van der Waals surface area contributed by atoms with E-state index in [0.29, 0.717) is 19.6 Å². The van der Waals surface area contributed by atoms with Crippen LogP contribution in [0.15, 0.2) is 54.6 Å². The summed E-state index contributed by atoms with van der Waals surface area (Å²) in [4.78, 5) is 14.0. The van der Waals surface area contributed by atoms with Crippen LogP contribution in [0.1, 0.15) is 28.1 Å². The first-order chi connectivity index (χ1) is 13.4. The Bertz CT molecular complexity index is 952. The van der Waals surface area contributed by atoms with Crippen molar-refractivity contribution in [1.29, 1.82) is 0 Å². The summed E-state index contributed by atoms with van der Waals surface area (Å²) in [5, 5.41) is 7.55. The molecule has 0 atom stereocenters. The topological polar surface area (TPSA) is 50.2 Å². The number of nitrogens with zero attached hydrogens (tertiary/aromatic N) is 3. The maximum Gasteiger partial charge on any atom is 0.317 e. The predicted molar refractivity (Wildman–Crippen MR) is 107 cm³/mol. The van der Waals surface area contributed by atoms with Gasteiger partial charge in [0.05, 0.1) is 12.2 Å². The minimum absolute atomic E-state index is 0.209. The van der Waals surface area contributed by atoms with Gasteiger partial charge in [-0.25, -0.2) is 9.18 Å². The van der Waals surface area contributed by atoms with Crippen molar-refractivity contribution < 1.29 is 9.18 Å². The highest BCUT2D eigenvalue weighted by atomic mass is 19.1. The van der Waals surface area contributed by atoms with Gasteiger partial charge in [-0.15, -0.1) is 0 Å². The molecular formula is C22H25FN4O. The van der Waals surface area contributed by atoms with Crippen molar-refractivity contribution in [2.45, 2.75) is 33.5 Å². The van der Waals surface area contributed by atoms with E-state index in [4.69, 9.17) is 0 Å². The van der Waals surface area contributed by atoms with Crippen molar-refractivity contribution in [1.82, 2.24) is 20.0 Å². The molecule has 0 aliphatic heterocycles. The van der Waals surface area contributed by atoms with Crippen molar-refractivity contribution in [3.8, 4) is 0 Å². The summed E-state index contributed by atoms with van der Waals surface area (Å²) < 4.78 is 15.3. The number of rotatable bonds is 6. The highest BCUT2D eigenvalue weighted by Crippen LogP contribution is 2.15. The van der Waals surface area contributed by atoms with E-state index in [2.05, 4.69) is 22.5 Å². The van der Waals surface area contributed by atoms with Crippen LogP contribution in [-0.2, 0) is 19.6 Å². The molecule has 1 N–H and O–H groups in total. The smallest absolute Gasteiger partial charge is 0.317 e. The number of hydrogen-bond acceptors (Lipinski definition) is 2. The van der Waals surface area contributed by atoms with Gasteiger partial charge in [0.15, 0.2) is 0 Å². The molecule has 2 aromatic carbocycles. The molecule has 0 radical (unpaired) electrons. The van der Waals surface area contributed by atoms with Gasteiger partial charge < -0.3 is 10.2 Å². The second-order valence-corrected chi connectivity index (χ2v) is 6.94. The zero-order valence-electron chi connectivity index (χ0n) is 16.4. The van der Waals surface area contributed by atoms with Crippen LogP contribution in [0.3, 0.4) is 0 Å². The molecule has 0 spiro atoms. The number of nitrogens with one attached hydrogen (secondary N) is 1. The molecular weight excluding hydrogens is 355 g/mol. The molecule has 0 saturated heterocycles. The molecule has 1 heterocycles. The Morgan fingerprint density at radius 2 is 1.82 bits per heavy atom. The maximum atomic E-state index is 13.3. The van der Waals surface area contributed by atoms with E-state index in [-0.39, 0.29) is 11.8 Å². The second-order valence-electron chi connectivity index (χ2n) is 6.94. The Morgan fingerprint density at radius 3 is 2.54 bits per heavy atom. The van der Waals surface area contributed by atoms with Crippen molar-refractivity contribution in [2.24, 2.45) is 0 Å². The van der Waals surface area contributed by atoms with Crippen LogP contribution < -0.4 is 5.32 Å². The summed E-state index contributed by atoms with van der Waals surface area (Å²) in [6.45, 7) is 5.40. The molecule has 0 saturated carbocycles. The van der Waals surface area contributed by atoms with E-state index in [9.17, 15) is 9.18 Å². The third-order valence-corrected chi connectivity index (χ3v) is 4.78. The van der Waals surface area contributed by atoms with Crippen LogP contribution in [0.4, 0.5) is 9.18 Å². The summed E-state index contributed by atoms with van der Waals surface area (Å²) in [7, 11) is 1.69. The SMILES string of the molecule is Cc1nn(Cc2ccccc2)c(C)c1CNC(=O)N(C)Cc1cccc(F)c1. The van der Waals surface area contributed by atoms with E-state index in [0.717, 1.165) is 22.5 Å². The van der Waals surface area contributed by atoms with Crippen molar-refractivity contribution in [3.05, 3.63) is 88.5 Å². The number of carbonyl (C=O) groups is 1. The molecule has 146 valence electrons. The summed E-state index contributed by atoms with van der Waals surface area (Å²) in [6.07, 6.45) is 0. The lowest BCUT2D eigenvalue weighted by atomic mass is 10.2. The van der Waals surface area contributed by atoms with Gasteiger partial charge in [-0.1, -0.05) is 42.5 Å². The van der Waals surface area contributed by atoms with Gasteiger partial charge in [0.1, 0.15) is 5.82 Å². The van der Waals surface area contributed by atoms with E-state index < -0.39 is 0 Å². The fourth-order valence-electron chi connectivity index (χ4n) is 3.18. The number of hydrogen-bond donors (Lipinski definition) is 1. The Morgan fingerprint density at radius 1 is 1.11 bits per heavy atom. The fourth-order valence-corrected chi connectivity index (χ4v) is 3.18. The van der Waals surface area contributed by atoms with Gasteiger partial charge in [-0.2, -0.15) is 5.10 Å². The minimum Gasteiger partial charge on any atom is -0.334 e. The molecule has 6 heteroatoms. The van der Waals surface area contributed by atoms with Crippen LogP contribution in [-0.4, -0.2) is 27.8 Å². The van der Waals surface area contributed by atoms with Crippen LogP contribution in [0.2, 0.25) is 0 Å². The van der Waals surface area contributed by atoms with E-state index in [1.165, 1.54) is 22.6 Å². The summed E-state index contributed by atoms with van der Waals surface area (Å²) >= 11 is 0. The van der Waals surface area contributed by atoms with Gasteiger partial charge in [0.25, 0.3) is 0 Å². The number of aromatic nitrogens is 2. The van der Waals surface area contributed by atoms with Crippen LogP contribution >= 0.6 is 0 Å². The number of amides is 2. The van der Waals surface area contributed by atoms with E-state index in [1.807, 2.05) is 36.7 Å². The monoisotopic (exact) mass is 380 g/mol. The number of aryl methyl sites for hydroxylation is 1. The summed E-state index contributed by atoms with van der Waals surface area (Å²) in [5.74, 6) is -0.302. The molecule has 0 aliphatic carbocycles. The largest absolute Gasteiger partial charge is 0.334 e. The molecule has 5 nitrogen and oxygen atoms in total. The average molecular weight is 380 g/mol. The summed E-state index contributed by atoms with van der Waals surface area (Å²) in [5.41, 5.74) is 4.89. The van der Waals surface area contributed by atoms with Crippen molar-refractivity contribution in [2.75, 3.05) is 7.05 Å². The number of benzene rings is 2. The van der Waals surface area contributed by atoms with Crippen molar-refractivity contribution in [3.63, 3.8) is 0 Å². The minimum atomic E-state index is -0.302. The van der Waals surface area contributed by atoms with Gasteiger partial charge >= 0.3 is 6.03 Å². The normalized spacial score (nSPS) is 10.7. The maximum absolute atomic E-state index is 13.3. The molecule has 0 aliphatic rings. The van der Waals surface area contributed by atoms with Gasteiger partial charge in [0, 0.05) is 31.4 Å². The molecule has 2 amide bonds. The molecule has 0 bridgehead atoms. The van der Waals surface area contributed by atoms with Gasteiger partial charge in [-0.3, -0.25) is 4.68 Å². The second kappa shape index (κ2) is 8.69. The average Bonchev–Trinajstić information content (AvgIpc) is 2.93. The molecule has 1 aromatic heterocycles. The molecule has 28 heavy (non-hydrogen) atoms. The highest BCUT2D eigenvalue weighted by molar-refractivity contribution is 5.73. The Labute approximate surface area is 164 Å². The Hall–Kier alpha value is -3.15. The molecule has 3 rings (SSSR count). The lowest BCUT2D eigenvalue weighted by Gasteiger charge is -2.18. The number of carbonyl (C=O) groups excluding carboxylic acids is 1. The standard InChI is InChI=1S/C22H25FN4O/c1-16-21(17(2)27(25-16)15-18-8-5-4-6-9-18)13-24-22(28)26(3)14-19-10-7-11-20(23)12-19/h4-12H,13-15H2,1-3H3,(H,24,28). The molecule has 0 fully saturated rings. The lowest BCUT2D eigenvalue weighted by Crippen LogP contribution is -2.36. The number of halogens is 1. The lowest BCUT2D eigenvalue weighted by molar-refractivity contribution is 0.206.